The number of nitrogens with zero attached hydrogens (tertiary/aromatic N) is 6. The zero-order valence-electron chi connectivity index (χ0n) is 11.4. The molecule has 6 nitrogen and oxygen atoms in total. The molecule has 4 aromatic rings. The van der Waals surface area contributed by atoms with E-state index in [4.69, 9.17) is 0 Å². The fraction of sp³-hybridized carbons (Fsp3) is 0.0667. The number of hydrogen-bond donors (Lipinski definition) is 0. The number of hydrogen-bond acceptors (Lipinski definition) is 4. The third-order valence-corrected chi connectivity index (χ3v) is 3.42. The lowest BCUT2D eigenvalue weighted by molar-refractivity contribution is 0.806. The SMILES string of the molecule is Cn1ccnc1-c1cn(-c2ccnc3ccccc23)nn1. The van der Waals surface area contributed by atoms with Crippen LogP contribution >= 0.6 is 0 Å². The van der Waals surface area contributed by atoms with Gasteiger partial charge in [0.1, 0.15) is 5.69 Å². The lowest BCUT2D eigenvalue weighted by Crippen LogP contribution is -1.96. The normalized spacial score (nSPS) is 11.1. The van der Waals surface area contributed by atoms with Crippen molar-refractivity contribution in [1.29, 1.82) is 0 Å². The van der Waals surface area contributed by atoms with Crippen LogP contribution in [0, 0.1) is 0 Å². The summed E-state index contributed by atoms with van der Waals surface area (Å²) in [6, 6.07) is 9.90. The predicted octanol–water partition coefficient (Wildman–Crippen LogP) is 2.22. The molecule has 3 heterocycles. The Labute approximate surface area is 120 Å². The molecule has 0 radical (unpaired) electrons. The van der Waals surface area contributed by atoms with Crippen LogP contribution < -0.4 is 0 Å². The van der Waals surface area contributed by atoms with Gasteiger partial charge in [0.2, 0.25) is 0 Å². The molecule has 0 aliphatic rings. The maximum atomic E-state index is 4.36. The fourth-order valence-corrected chi connectivity index (χ4v) is 2.38. The van der Waals surface area contributed by atoms with Crippen LogP contribution in [0.1, 0.15) is 0 Å². The van der Waals surface area contributed by atoms with E-state index in [1.54, 1.807) is 17.1 Å². The van der Waals surface area contributed by atoms with Crippen LogP contribution in [0.4, 0.5) is 0 Å². The summed E-state index contributed by atoms with van der Waals surface area (Å²) in [5.74, 6) is 0.791. The minimum absolute atomic E-state index is 0.739. The van der Waals surface area contributed by atoms with Gasteiger partial charge in [0.05, 0.1) is 17.4 Å². The second-order valence-corrected chi connectivity index (χ2v) is 4.76. The summed E-state index contributed by atoms with van der Waals surface area (Å²) in [4.78, 5) is 8.65. The van der Waals surface area contributed by atoms with Crippen molar-refractivity contribution in [1.82, 2.24) is 29.5 Å². The minimum Gasteiger partial charge on any atom is -0.333 e. The van der Waals surface area contributed by atoms with Crippen LogP contribution in [0.25, 0.3) is 28.1 Å². The number of para-hydroxylation sites is 1. The van der Waals surface area contributed by atoms with Crippen molar-refractivity contribution < 1.29 is 0 Å². The number of imidazole rings is 1. The van der Waals surface area contributed by atoms with Crippen LogP contribution in [0.2, 0.25) is 0 Å². The van der Waals surface area contributed by atoms with E-state index in [0.29, 0.717) is 0 Å². The second kappa shape index (κ2) is 4.52. The first-order chi connectivity index (χ1) is 10.3. The van der Waals surface area contributed by atoms with Gasteiger partial charge >= 0.3 is 0 Å². The van der Waals surface area contributed by atoms with E-state index in [-0.39, 0.29) is 0 Å². The number of benzene rings is 1. The maximum absolute atomic E-state index is 4.36. The van der Waals surface area contributed by atoms with Crippen LogP contribution in [-0.4, -0.2) is 29.5 Å². The van der Waals surface area contributed by atoms with E-state index in [2.05, 4.69) is 20.3 Å². The monoisotopic (exact) mass is 276 g/mol. The molecule has 0 bridgehead atoms. The molecule has 3 aromatic heterocycles. The highest BCUT2D eigenvalue weighted by atomic mass is 15.4. The molecule has 4 rings (SSSR count). The fourth-order valence-electron chi connectivity index (χ4n) is 2.38. The molecule has 0 spiro atoms. The summed E-state index contributed by atoms with van der Waals surface area (Å²) < 4.78 is 3.67. The quantitative estimate of drug-likeness (QED) is 0.563. The van der Waals surface area contributed by atoms with E-state index in [0.717, 1.165) is 28.1 Å². The molecule has 21 heavy (non-hydrogen) atoms. The Kier molecular flexibility index (Phi) is 2.53. The Balaban J connectivity index is 1.87. The van der Waals surface area contributed by atoms with E-state index >= 15 is 0 Å². The Hall–Kier alpha value is -3.02. The van der Waals surface area contributed by atoms with Gasteiger partial charge in [-0.05, 0) is 12.1 Å². The zero-order chi connectivity index (χ0) is 14.2. The Bertz CT molecular complexity index is 915. The highest BCUT2D eigenvalue weighted by Gasteiger charge is 2.11. The highest BCUT2D eigenvalue weighted by Crippen LogP contribution is 2.21. The molecule has 0 aliphatic heterocycles. The summed E-state index contributed by atoms with van der Waals surface area (Å²) in [5.41, 5.74) is 2.63. The lowest BCUT2D eigenvalue weighted by atomic mass is 10.2. The van der Waals surface area contributed by atoms with E-state index in [9.17, 15) is 0 Å². The van der Waals surface area contributed by atoms with Gasteiger partial charge in [-0.15, -0.1) is 5.10 Å². The average molecular weight is 276 g/mol. The zero-order valence-corrected chi connectivity index (χ0v) is 11.4. The highest BCUT2D eigenvalue weighted by molar-refractivity contribution is 5.86. The molecule has 0 fully saturated rings. The van der Waals surface area contributed by atoms with Gasteiger partial charge in [-0.25, -0.2) is 9.67 Å². The van der Waals surface area contributed by atoms with Crippen LogP contribution in [-0.2, 0) is 7.05 Å². The van der Waals surface area contributed by atoms with Gasteiger partial charge in [-0.2, -0.15) is 0 Å². The van der Waals surface area contributed by atoms with E-state index in [1.807, 2.05) is 54.3 Å². The number of aromatic nitrogens is 6. The molecule has 0 unspecified atom stereocenters. The third-order valence-electron chi connectivity index (χ3n) is 3.42. The summed E-state index contributed by atoms with van der Waals surface area (Å²) >= 11 is 0. The van der Waals surface area contributed by atoms with Crippen molar-refractivity contribution in [2.24, 2.45) is 7.05 Å². The smallest absolute Gasteiger partial charge is 0.161 e. The molecule has 0 amide bonds. The molecule has 0 atom stereocenters. The van der Waals surface area contributed by atoms with Gasteiger partial charge in [-0.1, -0.05) is 23.4 Å². The minimum atomic E-state index is 0.739. The van der Waals surface area contributed by atoms with Crippen molar-refractivity contribution in [3.63, 3.8) is 0 Å². The average Bonchev–Trinajstić information content (AvgIpc) is 3.15. The summed E-state index contributed by atoms with van der Waals surface area (Å²) in [7, 11) is 1.93. The summed E-state index contributed by atoms with van der Waals surface area (Å²) in [6.45, 7) is 0. The molecular formula is C15H12N6. The molecule has 0 saturated heterocycles. The van der Waals surface area contributed by atoms with Gasteiger partial charge in [0, 0.05) is 31.0 Å². The summed E-state index contributed by atoms with van der Waals surface area (Å²) in [5, 5.41) is 9.47. The summed E-state index contributed by atoms with van der Waals surface area (Å²) in [6.07, 6.45) is 7.29. The second-order valence-electron chi connectivity index (χ2n) is 4.76. The topological polar surface area (TPSA) is 61.4 Å². The van der Waals surface area contributed by atoms with Crippen molar-refractivity contribution in [3.05, 3.63) is 55.1 Å². The molecule has 102 valence electrons. The number of aryl methyl sites for hydroxylation is 1. The Morgan fingerprint density at radius 3 is 2.76 bits per heavy atom. The number of fused-ring (bicyclic) bond motifs is 1. The predicted molar refractivity (Wildman–Crippen MR) is 78.9 cm³/mol. The first kappa shape index (κ1) is 11.8. The first-order valence-corrected chi connectivity index (χ1v) is 6.57. The van der Waals surface area contributed by atoms with Gasteiger partial charge < -0.3 is 4.57 Å². The van der Waals surface area contributed by atoms with Crippen molar-refractivity contribution in [3.8, 4) is 17.2 Å². The largest absolute Gasteiger partial charge is 0.333 e. The maximum Gasteiger partial charge on any atom is 0.161 e. The van der Waals surface area contributed by atoms with Crippen molar-refractivity contribution >= 4 is 10.9 Å². The van der Waals surface area contributed by atoms with Crippen molar-refractivity contribution in [2.45, 2.75) is 0 Å². The molecule has 0 saturated carbocycles. The van der Waals surface area contributed by atoms with E-state index < -0.39 is 0 Å². The Morgan fingerprint density at radius 2 is 1.90 bits per heavy atom. The standard InChI is InChI=1S/C15H12N6/c1-20-9-8-17-15(20)13-10-21(19-18-13)14-6-7-16-12-5-3-2-4-11(12)14/h2-10H,1H3. The van der Waals surface area contributed by atoms with Crippen LogP contribution in [0.15, 0.2) is 55.1 Å². The number of rotatable bonds is 2. The van der Waals surface area contributed by atoms with Crippen LogP contribution in [0.3, 0.4) is 0 Å². The molecule has 0 aliphatic carbocycles. The Morgan fingerprint density at radius 1 is 1.00 bits per heavy atom. The molecule has 0 N–H and O–H groups in total. The molecular weight excluding hydrogens is 264 g/mol. The van der Waals surface area contributed by atoms with Gasteiger partial charge in [-0.3, -0.25) is 4.98 Å². The molecule has 1 aromatic carbocycles. The molecule has 6 heteroatoms. The van der Waals surface area contributed by atoms with Crippen molar-refractivity contribution in [2.75, 3.05) is 0 Å². The van der Waals surface area contributed by atoms with Gasteiger partial charge in [0.25, 0.3) is 0 Å². The lowest BCUT2D eigenvalue weighted by Gasteiger charge is -2.04. The third kappa shape index (κ3) is 1.88. The van der Waals surface area contributed by atoms with E-state index in [1.165, 1.54) is 0 Å². The van der Waals surface area contributed by atoms with Gasteiger partial charge in [0.15, 0.2) is 5.82 Å². The number of pyridine rings is 1. The first-order valence-electron chi connectivity index (χ1n) is 6.57. The van der Waals surface area contributed by atoms with Crippen LogP contribution in [0.5, 0.6) is 0 Å².